The highest BCUT2D eigenvalue weighted by Gasteiger charge is 2.18. The van der Waals surface area contributed by atoms with Crippen LogP contribution in [0.3, 0.4) is 0 Å². The van der Waals surface area contributed by atoms with Gasteiger partial charge in [-0.25, -0.2) is 14.4 Å². The van der Waals surface area contributed by atoms with E-state index in [0.717, 1.165) is 33.4 Å². The summed E-state index contributed by atoms with van der Waals surface area (Å²) in [6.45, 7) is 12.6. The highest BCUT2D eigenvalue weighted by Crippen LogP contribution is 2.35. The molecule has 0 radical (unpaired) electrons. The molecule has 1 atom stereocenters. The van der Waals surface area contributed by atoms with Crippen LogP contribution in [0.5, 0.6) is 0 Å². The minimum Gasteiger partial charge on any atom is -0.438 e. The van der Waals surface area contributed by atoms with Gasteiger partial charge in [0.05, 0.1) is 17.7 Å². The molecule has 2 heterocycles. The standard InChI is InChI=1S/C28H28FN3O2.C2H6/c1-19-10-12-22(13-11-19)20(2)25(17-32(4)14-15-33-21(3)29)27-24-16-26(23-8-6-5-7-9-23)34-28(24)31-18-30-27;1-2/h5-13,16-18,21H,2,14-15H2,1,3-4H3;1-2H3/b25-17+;. The molecule has 6 heteroatoms. The summed E-state index contributed by atoms with van der Waals surface area (Å²) < 4.78 is 24.2. The Bertz CT molecular complexity index is 1300. The number of benzene rings is 2. The molecule has 0 fully saturated rings. The topological polar surface area (TPSA) is 51.4 Å². The molecule has 0 saturated heterocycles. The van der Waals surface area contributed by atoms with Crippen LogP contribution in [-0.4, -0.2) is 41.4 Å². The summed E-state index contributed by atoms with van der Waals surface area (Å²) in [5.41, 5.74) is 5.98. The Morgan fingerprint density at radius 3 is 2.47 bits per heavy atom. The predicted molar refractivity (Wildman–Crippen MR) is 146 cm³/mol. The van der Waals surface area contributed by atoms with Crippen molar-refractivity contribution in [1.82, 2.24) is 14.9 Å². The maximum Gasteiger partial charge on any atom is 0.230 e. The Kier molecular flexibility index (Phi) is 9.53. The summed E-state index contributed by atoms with van der Waals surface area (Å²) in [5.74, 6) is 0.719. The fourth-order valence-electron chi connectivity index (χ4n) is 3.65. The molecular formula is C30H34FN3O2. The number of nitrogens with zero attached hydrogens (tertiary/aromatic N) is 3. The van der Waals surface area contributed by atoms with E-state index >= 15 is 0 Å². The molecule has 0 aliphatic heterocycles. The van der Waals surface area contributed by atoms with Gasteiger partial charge in [-0.05, 0) is 31.1 Å². The number of aromatic nitrogens is 2. The number of halogens is 1. The van der Waals surface area contributed by atoms with Crippen molar-refractivity contribution in [2.24, 2.45) is 0 Å². The van der Waals surface area contributed by atoms with Crippen LogP contribution in [0.15, 0.2) is 84.2 Å². The van der Waals surface area contributed by atoms with Gasteiger partial charge in [-0.2, -0.15) is 0 Å². The average molecular weight is 488 g/mol. The van der Waals surface area contributed by atoms with Gasteiger partial charge in [-0.1, -0.05) is 80.6 Å². The van der Waals surface area contributed by atoms with Crippen LogP contribution in [0.2, 0.25) is 0 Å². The summed E-state index contributed by atoms with van der Waals surface area (Å²) >= 11 is 0. The number of rotatable bonds is 9. The number of hydrogen-bond acceptors (Lipinski definition) is 5. The molecule has 4 aromatic rings. The van der Waals surface area contributed by atoms with Gasteiger partial charge in [0.2, 0.25) is 5.71 Å². The van der Waals surface area contributed by atoms with E-state index in [4.69, 9.17) is 9.15 Å². The van der Waals surface area contributed by atoms with Crippen LogP contribution in [-0.2, 0) is 4.74 Å². The number of fused-ring (bicyclic) bond motifs is 1. The summed E-state index contributed by atoms with van der Waals surface area (Å²) in [6, 6.07) is 20.0. The number of ether oxygens (including phenoxy) is 1. The molecule has 2 aromatic carbocycles. The van der Waals surface area contributed by atoms with Crippen LogP contribution in [0.1, 0.15) is 37.6 Å². The van der Waals surface area contributed by atoms with Gasteiger partial charge in [-0.3, -0.25) is 0 Å². The third kappa shape index (κ3) is 6.67. The molecule has 0 spiro atoms. The van der Waals surface area contributed by atoms with E-state index in [1.807, 2.05) is 87.4 Å². The number of alkyl halides is 1. The molecule has 0 saturated carbocycles. The van der Waals surface area contributed by atoms with Gasteiger partial charge in [0.15, 0.2) is 6.36 Å². The largest absolute Gasteiger partial charge is 0.438 e. The lowest BCUT2D eigenvalue weighted by atomic mass is 9.95. The van der Waals surface area contributed by atoms with Crippen molar-refractivity contribution in [1.29, 1.82) is 0 Å². The van der Waals surface area contributed by atoms with E-state index < -0.39 is 6.36 Å². The molecule has 0 amide bonds. The van der Waals surface area contributed by atoms with Crippen LogP contribution in [0, 0.1) is 6.92 Å². The Morgan fingerprint density at radius 2 is 1.81 bits per heavy atom. The normalized spacial score (nSPS) is 12.1. The van der Waals surface area contributed by atoms with Gasteiger partial charge in [-0.15, -0.1) is 0 Å². The van der Waals surface area contributed by atoms with Gasteiger partial charge in [0, 0.05) is 30.9 Å². The lowest BCUT2D eigenvalue weighted by Gasteiger charge is -2.19. The number of likely N-dealkylation sites (N-methyl/N-ethyl adjacent to an activating group) is 1. The molecule has 188 valence electrons. The minimum absolute atomic E-state index is 0.262. The monoisotopic (exact) mass is 487 g/mol. The number of hydrogen-bond donors (Lipinski definition) is 0. The first kappa shape index (κ1) is 26.8. The zero-order chi connectivity index (χ0) is 26.1. The van der Waals surface area contributed by atoms with Gasteiger partial charge in [0.1, 0.15) is 12.1 Å². The van der Waals surface area contributed by atoms with Crippen LogP contribution in [0.25, 0.3) is 33.6 Å². The maximum absolute atomic E-state index is 13.1. The van der Waals surface area contributed by atoms with Crippen molar-refractivity contribution >= 4 is 22.2 Å². The van der Waals surface area contributed by atoms with E-state index in [1.54, 1.807) is 0 Å². The quantitative estimate of drug-likeness (QED) is 0.228. The van der Waals surface area contributed by atoms with Gasteiger partial charge >= 0.3 is 0 Å². The highest BCUT2D eigenvalue weighted by molar-refractivity contribution is 6.08. The molecular weight excluding hydrogens is 453 g/mol. The molecule has 4 rings (SSSR count). The fourth-order valence-corrected chi connectivity index (χ4v) is 3.65. The van der Waals surface area contributed by atoms with Crippen molar-refractivity contribution in [3.63, 3.8) is 0 Å². The summed E-state index contributed by atoms with van der Waals surface area (Å²) in [5, 5.41) is 0.794. The Morgan fingerprint density at radius 1 is 1.11 bits per heavy atom. The van der Waals surface area contributed by atoms with Crippen molar-refractivity contribution in [2.75, 3.05) is 20.2 Å². The number of furan rings is 1. The molecule has 0 aliphatic rings. The van der Waals surface area contributed by atoms with E-state index in [0.29, 0.717) is 18.0 Å². The second-order valence-corrected chi connectivity index (χ2v) is 8.20. The maximum atomic E-state index is 13.1. The average Bonchev–Trinajstić information content (AvgIpc) is 3.34. The Balaban J connectivity index is 0.00000176. The van der Waals surface area contributed by atoms with Crippen molar-refractivity contribution < 1.29 is 13.5 Å². The number of aryl methyl sites for hydroxylation is 1. The molecule has 2 aromatic heterocycles. The molecule has 5 nitrogen and oxygen atoms in total. The predicted octanol–water partition coefficient (Wildman–Crippen LogP) is 7.54. The molecule has 0 bridgehead atoms. The molecule has 1 unspecified atom stereocenters. The van der Waals surface area contributed by atoms with Crippen LogP contribution in [0.4, 0.5) is 4.39 Å². The summed E-state index contributed by atoms with van der Waals surface area (Å²) in [6.07, 6.45) is 2.16. The first-order chi connectivity index (χ1) is 17.4. The number of allylic oxidation sites excluding steroid dienone is 2. The van der Waals surface area contributed by atoms with Gasteiger partial charge in [0.25, 0.3) is 0 Å². The van der Waals surface area contributed by atoms with Crippen molar-refractivity contribution in [3.05, 3.63) is 96.6 Å². The van der Waals surface area contributed by atoms with Gasteiger partial charge < -0.3 is 14.1 Å². The first-order valence-electron chi connectivity index (χ1n) is 12.2. The second-order valence-electron chi connectivity index (χ2n) is 8.20. The van der Waals surface area contributed by atoms with E-state index in [1.165, 1.54) is 18.8 Å². The third-order valence-electron chi connectivity index (χ3n) is 5.51. The zero-order valence-corrected chi connectivity index (χ0v) is 21.7. The fraction of sp³-hybridized carbons (Fsp3) is 0.267. The third-order valence-corrected chi connectivity index (χ3v) is 5.51. The smallest absolute Gasteiger partial charge is 0.230 e. The SMILES string of the molecule is C=C(/C(=C\N(C)CCOC(C)F)c1ncnc2oc(-c3ccccc3)cc12)c1ccc(C)cc1.CC. The molecule has 0 aliphatic carbocycles. The molecule has 0 N–H and O–H groups in total. The lowest BCUT2D eigenvalue weighted by Crippen LogP contribution is -2.19. The summed E-state index contributed by atoms with van der Waals surface area (Å²) in [7, 11) is 1.91. The van der Waals surface area contributed by atoms with Crippen molar-refractivity contribution in [3.8, 4) is 11.3 Å². The van der Waals surface area contributed by atoms with E-state index in [2.05, 4.69) is 28.7 Å². The van der Waals surface area contributed by atoms with E-state index in [9.17, 15) is 4.39 Å². The van der Waals surface area contributed by atoms with Crippen molar-refractivity contribution in [2.45, 2.75) is 34.1 Å². The lowest BCUT2D eigenvalue weighted by molar-refractivity contribution is -0.0276. The summed E-state index contributed by atoms with van der Waals surface area (Å²) in [4.78, 5) is 10.9. The van der Waals surface area contributed by atoms with E-state index in [-0.39, 0.29) is 6.61 Å². The zero-order valence-electron chi connectivity index (χ0n) is 21.7. The van der Waals surface area contributed by atoms with Crippen LogP contribution < -0.4 is 0 Å². The molecule has 36 heavy (non-hydrogen) atoms. The Hall–Kier alpha value is -3.77. The second kappa shape index (κ2) is 12.8. The minimum atomic E-state index is -1.30. The van der Waals surface area contributed by atoms with Crippen LogP contribution >= 0.6 is 0 Å². The highest BCUT2D eigenvalue weighted by atomic mass is 19.1. The Labute approximate surface area is 213 Å². The first-order valence-corrected chi connectivity index (χ1v) is 12.2.